The summed E-state index contributed by atoms with van der Waals surface area (Å²) >= 11 is 0. The predicted octanol–water partition coefficient (Wildman–Crippen LogP) is 3.19. The van der Waals surface area contributed by atoms with Crippen molar-refractivity contribution in [3.8, 4) is 5.75 Å². The van der Waals surface area contributed by atoms with Crippen molar-refractivity contribution in [2.75, 3.05) is 7.11 Å². The maximum Gasteiger partial charge on any atom is 0.162 e. The molecule has 1 aromatic heterocycles. The molecule has 0 bridgehead atoms. The second-order valence-corrected chi connectivity index (χ2v) is 5.54. The summed E-state index contributed by atoms with van der Waals surface area (Å²) < 4.78 is 7.17. The minimum Gasteiger partial charge on any atom is -0.493 e. The van der Waals surface area contributed by atoms with E-state index < -0.39 is 6.10 Å². The highest BCUT2D eigenvalue weighted by molar-refractivity contribution is 5.32. The van der Waals surface area contributed by atoms with E-state index >= 15 is 0 Å². The molecule has 0 saturated heterocycles. The quantitative estimate of drug-likeness (QED) is 0.888. The molecule has 0 radical (unpaired) electrons. The standard InChI is InChI=1S/C17H24N2O2/c1-5-6-19-17(16(21-4)11-18-19)15(20)10-14-8-12(2)7-13(3)9-14/h7-9,11,15,20H,5-6,10H2,1-4H3. The summed E-state index contributed by atoms with van der Waals surface area (Å²) in [7, 11) is 1.61. The van der Waals surface area contributed by atoms with E-state index in [0.29, 0.717) is 12.2 Å². The minimum absolute atomic E-state index is 0.564. The fourth-order valence-corrected chi connectivity index (χ4v) is 2.77. The Kier molecular flexibility index (Phi) is 5.02. The summed E-state index contributed by atoms with van der Waals surface area (Å²) in [6.45, 7) is 7.02. The number of aryl methyl sites for hydroxylation is 3. The maximum absolute atomic E-state index is 10.6. The van der Waals surface area contributed by atoms with E-state index in [1.807, 2.05) is 4.68 Å². The molecule has 1 unspecified atom stereocenters. The highest BCUT2D eigenvalue weighted by Gasteiger charge is 2.20. The van der Waals surface area contributed by atoms with Gasteiger partial charge in [-0.05, 0) is 25.8 Å². The molecular formula is C17H24N2O2. The van der Waals surface area contributed by atoms with Crippen LogP contribution < -0.4 is 4.74 Å². The molecule has 1 heterocycles. The van der Waals surface area contributed by atoms with Crippen LogP contribution in [0.15, 0.2) is 24.4 Å². The zero-order chi connectivity index (χ0) is 15.4. The Morgan fingerprint density at radius 2 is 1.90 bits per heavy atom. The van der Waals surface area contributed by atoms with Crippen LogP contribution in [-0.2, 0) is 13.0 Å². The Labute approximate surface area is 126 Å². The second kappa shape index (κ2) is 6.76. The lowest BCUT2D eigenvalue weighted by Gasteiger charge is -2.15. The number of methoxy groups -OCH3 is 1. The van der Waals surface area contributed by atoms with Crippen LogP contribution in [-0.4, -0.2) is 22.0 Å². The lowest BCUT2D eigenvalue weighted by molar-refractivity contribution is 0.162. The van der Waals surface area contributed by atoms with E-state index in [-0.39, 0.29) is 0 Å². The number of ether oxygens (including phenoxy) is 1. The lowest BCUT2D eigenvalue weighted by Crippen LogP contribution is -2.12. The van der Waals surface area contributed by atoms with Crippen molar-refractivity contribution in [2.24, 2.45) is 0 Å². The second-order valence-electron chi connectivity index (χ2n) is 5.54. The van der Waals surface area contributed by atoms with Crippen molar-refractivity contribution in [1.82, 2.24) is 9.78 Å². The number of rotatable bonds is 6. The number of hydrogen-bond acceptors (Lipinski definition) is 3. The summed E-state index contributed by atoms with van der Waals surface area (Å²) in [5, 5.41) is 14.9. The van der Waals surface area contributed by atoms with E-state index in [1.165, 1.54) is 11.1 Å². The molecule has 0 aliphatic rings. The molecule has 0 aliphatic heterocycles. The van der Waals surface area contributed by atoms with Crippen molar-refractivity contribution in [3.63, 3.8) is 0 Å². The third kappa shape index (κ3) is 3.64. The average molecular weight is 288 g/mol. The Hall–Kier alpha value is -1.81. The van der Waals surface area contributed by atoms with E-state index in [9.17, 15) is 5.11 Å². The Bertz CT molecular complexity index is 585. The van der Waals surface area contributed by atoms with Gasteiger partial charge in [0.2, 0.25) is 0 Å². The Morgan fingerprint density at radius 1 is 1.24 bits per heavy atom. The van der Waals surface area contributed by atoms with Gasteiger partial charge in [-0.3, -0.25) is 4.68 Å². The summed E-state index contributed by atoms with van der Waals surface area (Å²) in [5.41, 5.74) is 4.32. The first-order valence-corrected chi connectivity index (χ1v) is 7.40. The first-order valence-electron chi connectivity index (χ1n) is 7.40. The van der Waals surface area contributed by atoms with Gasteiger partial charge in [-0.15, -0.1) is 0 Å². The van der Waals surface area contributed by atoms with Crippen LogP contribution >= 0.6 is 0 Å². The van der Waals surface area contributed by atoms with Crippen molar-refractivity contribution >= 4 is 0 Å². The third-order valence-corrected chi connectivity index (χ3v) is 3.53. The molecule has 2 aromatic rings. The van der Waals surface area contributed by atoms with Crippen molar-refractivity contribution in [2.45, 2.75) is 46.3 Å². The molecule has 2 rings (SSSR count). The zero-order valence-electron chi connectivity index (χ0n) is 13.3. The normalized spacial score (nSPS) is 12.4. The zero-order valence-corrected chi connectivity index (χ0v) is 13.3. The fourth-order valence-electron chi connectivity index (χ4n) is 2.77. The van der Waals surface area contributed by atoms with Crippen LogP contribution in [0.2, 0.25) is 0 Å². The Morgan fingerprint density at radius 3 is 2.48 bits per heavy atom. The molecule has 1 aromatic carbocycles. The molecule has 1 atom stereocenters. The smallest absolute Gasteiger partial charge is 0.162 e. The van der Waals surface area contributed by atoms with Gasteiger partial charge in [-0.1, -0.05) is 36.2 Å². The number of aliphatic hydroxyl groups excluding tert-OH is 1. The van der Waals surface area contributed by atoms with Gasteiger partial charge in [0.25, 0.3) is 0 Å². The topological polar surface area (TPSA) is 47.3 Å². The van der Waals surface area contributed by atoms with Crippen LogP contribution in [0, 0.1) is 13.8 Å². The van der Waals surface area contributed by atoms with Gasteiger partial charge >= 0.3 is 0 Å². The summed E-state index contributed by atoms with van der Waals surface area (Å²) in [6, 6.07) is 6.37. The van der Waals surface area contributed by atoms with Crippen LogP contribution in [0.4, 0.5) is 0 Å². The van der Waals surface area contributed by atoms with Crippen LogP contribution in [0.1, 0.15) is 41.8 Å². The number of aliphatic hydroxyl groups is 1. The summed E-state index contributed by atoms with van der Waals surface area (Å²) in [6.07, 6.45) is 2.59. The first kappa shape index (κ1) is 15.6. The average Bonchev–Trinajstić information content (AvgIpc) is 2.80. The van der Waals surface area contributed by atoms with Crippen molar-refractivity contribution in [1.29, 1.82) is 0 Å². The van der Waals surface area contributed by atoms with E-state index in [2.05, 4.69) is 44.1 Å². The monoisotopic (exact) mass is 288 g/mol. The largest absolute Gasteiger partial charge is 0.493 e. The summed E-state index contributed by atoms with van der Waals surface area (Å²) in [5.74, 6) is 0.653. The molecule has 0 amide bonds. The molecule has 0 aliphatic carbocycles. The molecule has 4 heteroatoms. The molecule has 21 heavy (non-hydrogen) atoms. The van der Waals surface area contributed by atoms with E-state index in [0.717, 1.165) is 24.2 Å². The molecular weight excluding hydrogens is 264 g/mol. The summed E-state index contributed by atoms with van der Waals surface area (Å²) in [4.78, 5) is 0. The van der Waals surface area contributed by atoms with Gasteiger partial charge in [0.1, 0.15) is 11.8 Å². The minimum atomic E-state index is -0.616. The SMILES string of the molecule is CCCn1ncc(OC)c1C(O)Cc1cc(C)cc(C)c1. The highest BCUT2D eigenvalue weighted by atomic mass is 16.5. The fraction of sp³-hybridized carbons (Fsp3) is 0.471. The third-order valence-electron chi connectivity index (χ3n) is 3.53. The van der Waals surface area contributed by atoms with Gasteiger partial charge in [0.05, 0.1) is 13.3 Å². The van der Waals surface area contributed by atoms with E-state index in [4.69, 9.17) is 4.74 Å². The molecule has 114 valence electrons. The first-order chi connectivity index (χ1) is 10.0. The van der Waals surface area contributed by atoms with Crippen LogP contribution in [0.5, 0.6) is 5.75 Å². The number of hydrogen-bond donors (Lipinski definition) is 1. The molecule has 1 N–H and O–H groups in total. The number of nitrogens with zero attached hydrogens (tertiary/aromatic N) is 2. The lowest BCUT2D eigenvalue weighted by atomic mass is 10.0. The van der Waals surface area contributed by atoms with E-state index in [1.54, 1.807) is 13.3 Å². The molecule has 4 nitrogen and oxygen atoms in total. The van der Waals surface area contributed by atoms with Gasteiger partial charge in [0.15, 0.2) is 5.75 Å². The number of benzene rings is 1. The highest BCUT2D eigenvalue weighted by Crippen LogP contribution is 2.28. The number of aromatic nitrogens is 2. The Balaban J connectivity index is 2.26. The van der Waals surface area contributed by atoms with Crippen LogP contribution in [0.25, 0.3) is 0 Å². The molecule has 0 fully saturated rings. The van der Waals surface area contributed by atoms with Gasteiger partial charge in [-0.2, -0.15) is 5.10 Å². The van der Waals surface area contributed by atoms with Crippen molar-refractivity contribution < 1.29 is 9.84 Å². The van der Waals surface area contributed by atoms with Gasteiger partial charge < -0.3 is 9.84 Å². The van der Waals surface area contributed by atoms with Gasteiger partial charge in [-0.25, -0.2) is 0 Å². The van der Waals surface area contributed by atoms with Gasteiger partial charge in [0, 0.05) is 13.0 Å². The molecule has 0 saturated carbocycles. The molecule has 0 spiro atoms. The van der Waals surface area contributed by atoms with Crippen molar-refractivity contribution in [3.05, 3.63) is 46.8 Å². The predicted molar refractivity (Wildman–Crippen MR) is 83.6 cm³/mol. The maximum atomic E-state index is 10.6. The van der Waals surface area contributed by atoms with Crippen LogP contribution in [0.3, 0.4) is 0 Å².